The minimum absolute atomic E-state index is 0.513. The molecule has 2 N–H and O–H groups in total. The van der Waals surface area contributed by atoms with Crippen molar-refractivity contribution in [3.05, 3.63) is 83.9 Å². The molecule has 2 amide bonds. The third kappa shape index (κ3) is 8.37. The first-order valence-corrected chi connectivity index (χ1v) is 12.7. The van der Waals surface area contributed by atoms with Crippen LogP contribution in [-0.2, 0) is 9.47 Å². The highest BCUT2D eigenvalue weighted by Gasteiger charge is 2.19. The first-order chi connectivity index (χ1) is 18.1. The summed E-state index contributed by atoms with van der Waals surface area (Å²) in [5, 5.41) is 5.61. The Morgan fingerprint density at radius 2 is 1.21 bits per heavy atom. The molecule has 0 atom stereocenters. The van der Waals surface area contributed by atoms with E-state index in [0.717, 1.165) is 39.1 Å². The molecule has 0 aliphatic rings. The van der Waals surface area contributed by atoms with Gasteiger partial charge in [0, 0.05) is 11.4 Å². The number of hydrogen-bond acceptors (Lipinski definition) is 5. The predicted octanol–water partition coefficient (Wildman–Crippen LogP) is 8.43. The van der Waals surface area contributed by atoms with Crippen LogP contribution in [0.2, 0.25) is 0 Å². The Labute approximate surface area is 231 Å². The van der Waals surface area contributed by atoms with Gasteiger partial charge in [0.15, 0.2) is 0 Å². The number of hydrogen-bond donors (Lipinski definition) is 2. The predicted molar refractivity (Wildman–Crippen MR) is 157 cm³/mol. The van der Waals surface area contributed by atoms with Crippen molar-refractivity contribution < 1.29 is 23.8 Å². The average Bonchev–Trinajstić information content (AvgIpc) is 2.81. The molecule has 0 aliphatic carbocycles. The van der Waals surface area contributed by atoms with Gasteiger partial charge in [0.1, 0.15) is 17.0 Å². The lowest BCUT2D eigenvalue weighted by Crippen LogP contribution is -2.27. The maximum absolute atomic E-state index is 12.5. The number of methoxy groups -OCH3 is 1. The molecule has 3 rings (SSSR count). The highest BCUT2D eigenvalue weighted by atomic mass is 16.6. The Hall–Kier alpha value is -4.26. The van der Waals surface area contributed by atoms with Crippen molar-refractivity contribution in [2.75, 3.05) is 17.7 Å². The summed E-state index contributed by atoms with van der Waals surface area (Å²) < 4.78 is 16.1. The van der Waals surface area contributed by atoms with E-state index in [9.17, 15) is 9.59 Å². The topological polar surface area (TPSA) is 85.9 Å². The van der Waals surface area contributed by atoms with Crippen LogP contribution in [0.5, 0.6) is 5.75 Å². The Balaban J connectivity index is 2.00. The fourth-order valence-electron chi connectivity index (χ4n) is 3.94. The Morgan fingerprint density at radius 3 is 1.67 bits per heavy atom. The normalized spacial score (nSPS) is 11.4. The molecule has 0 unspecified atom stereocenters. The van der Waals surface area contributed by atoms with Gasteiger partial charge >= 0.3 is 12.2 Å². The molecule has 39 heavy (non-hydrogen) atoms. The molecule has 0 heterocycles. The van der Waals surface area contributed by atoms with Gasteiger partial charge in [-0.05, 0) is 118 Å². The molecule has 7 nitrogen and oxygen atoms in total. The van der Waals surface area contributed by atoms with Crippen molar-refractivity contribution in [3.63, 3.8) is 0 Å². The zero-order valence-corrected chi connectivity index (χ0v) is 24.0. The summed E-state index contributed by atoms with van der Waals surface area (Å²) in [4.78, 5) is 24.7. The second kappa shape index (κ2) is 11.6. The second-order valence-corrected chi connectivity index (χ2v) is 11.3. The maximum atomic E-state index is 12.5. The summed E-state index contributed by atoms with van der Waals surface area (Å²) in [6.07, 6.45) is -1.05. The fourth-order valence-corrected chi connectivity index (χ4v) is 3.94. The quantitative estimate of drug-likeness (QED) is 0.334. The smallest absolute Gasteiger partial charge is 0.412 e. The molecule has 7 heteroatoms. The molecule has 0 saturated heterocycles. The molecular formula is C32H38N2O5. The van der Waals surface area contributed by atoms with E-state index in [4.69, 9.17) is 14.2 Å². The standard InChI is InChI=1S/C32H38N2O5/c1-20-18-23(33-29(35)38-31(3,4)5)12-16-26(20)27-17-13-24(34-30(36)39-32(6,7)8)19-28(27)21(2)22-10-14-25(37-9)15-11-22/h10-19H,2H2,1,3-9H3,(H,33,35)(H,34,36). The number of aryl methyl sites for hydroxylation is 1. The molecule has 0 aromatic heterocycles. The number of anilines is 2. The van der Waals surface area contributed by atoms with Gasteiger partial charge < -0.3 is 14.2 Å². The van der Waals surface area contributed by atoms with E-state index in [1.54, 1.807) is 7.11 Å². The summed E-state index contributed by atoms with van der Waals surface area (Å²) in [6, 6.07) is 19.0. The van der Waals surface area contributed by atoms with Crippen molar-refractivity contribution in [1.82, 2.24) is 0 Å². The molecule has 0 saturated carbocycles. The highest BCUT2D eigenvalue weighted by Crippen LogP contribution is 2.37. The van der Waals surface area contributed by atoms with Gasteiger partial charge in [0.2, 0.25) is 0 Å². The molecule has 0 aliphatic heterocycles. The van der Waals surface area contributed by atoms with Crippen LogP contribution in [0, 0.1) is 6.92 Å². The number of rotatable bonds is 6. The Bertz CT molecular complexity index is 1360. The minimum atomic E-state index is -0.619. The number of nitrogens with one attached hydrogen (secondary N) is 2. The van der Waals surface area contributed by atoms with Gasteiger partial charge in [-0.3, -0.25) is 10.6 Å². The first-order valence-electron chi connectivity index (χ1n) is 12.7. The molecule has 3 aromatic rings. The molecule has 0 bridgehead atoms. The third-order valence-electron chi connectivity index (χ3n) is 5.59. The molecule has 0 fully saturated rings. The number of ether oxygens (including phenoxy) is 3. The average molecular weight is 531 g/mol. The summed E-state index contributed by atoms with van der Waals surface area (Å²) in [5.74, 6) is 0.746. The second-order valence-electron chi connectivity index (χ2n) is 11.3. The van der Waals surface area contributed by atoms with Gasteiger partial charge in [-0.1, -0.05) is 30.8 Å². The lowest BCUT2D eigenvalue weighted by Gasteiger charge is -2.21. The van der Waals surface area contributed by atoms with Crippen molar-refractivity contribution >= 4 is 29.1 Å². The van der Waals surface area contributed by atoms with E-state index in [2.05, 4.69) is 17.2 Å². The van der Waals surface area contributed by atoms with Gasteiger partial charge in [-0.15, -0.1) is 0 Å². The van der Waals surface area contributed by atoms with Crippen LogP contribution in [0.15, 0.2) is 67.2 Å². The van der Waals surface area contributed by atoms with Crippen LogP contribution < -0.4 is 15.4 Å². The minimum Gasteiger partial charge on any atom is -0.497 e. The van der Waals surface area contributed by atoms with Crippen LogP contribution in [0.1, 0.15) is 58.2 Å². The van der Waals surface area contributed by atoms with E-state index in [0.29, 0.717) is 11.4 Å². The number of carbonyl (C=O) groups is 2. The monoisotopic (exact) mass is 530 g/mol. The Morgan fingerprint density at radius 1 is 0.718 bits per heavy atom. The van der Waals surface area contributed by atoms with Gasteiger partial charge in [-0.2, -0.15) is 0 Å². The van der Waals surface area contributed by atoms with E-state index >= 15 is 0 Å². The third-order valence-corrected chi connectivity index (χ3v) is 5.59. The highest BCUT2D eigenvalue weighted by molar-refractivity contribution is 5.93. The Kier molecular flexibility index (Phi) is 8.74. The number of amides is 2. The number of benzene rings is 3. The fraction of sp³-hybridized carbons (Fsp3) is 0.312. The summed E-state index contributed by atoms with van der Waals surface area (Å²) in [7, 11) is 1.62. The van der Waals surface area contributed by atoms with Crippen LogP contribution in [-0.4, -0.2) is 30.5 Å². The van der Waals surface area contributed by atoms with Crippen LogP contribution >= 0.6 is 0 Å². The molecule has 0 radical (unpaired) electrons. The van der Waals surface area contributed by atoms with E-state index < -0.39 is 23.4 Å². The van der Waals surface area contributed by atoms with E-state index in [1.165, 1.54) is 0 Å². The maximum Gasteiger partial charge on any atom is 0.412 e. The van der Waals surface area contributed by atoms with Crippen LogP contribution in [0.3, 0.4) is 0 Å². The van der Waals surface area contributed by atoms with Crippen LogP contribution in [0.4, 0.5) is 21.0 Å². The summed E-state index contributed by atoms with van der Waals surface area (Å²) in [6.45, 7) is 17.3. The van der Waals surface area contributed by atoms with Crippen molar-refractivity contribution in [3.8, 4) is 16.9 Å². The summed E-state index contributed by atoms with van der Waals surface area (Å²) in [5.41, 5.74) is 5.34. The van der Waals surface area contributed by atoms with Gasteiger partial charge in [0.05, 0.1) is 7.11 Å². The van der Waals surface area contributed by atoms with E-state index in [1.807, 2.05) is 109 Å². The zero-order chi connectivity index (χ0) is 29.0. The first kappa shape index (κ1) is 29.3. The van der Waals surface area contributed by atoms with Crippen molar-refractivity contribution in [1.29, 1.82) is 0 Å². The van der Waals surface area contributed by atoms with Crippen molar-refractivity contribution in [2.24, 2.45) is 0 Å². The number of carbonyl (C=O) groups excluding carboxylic acids is 2. The SMILES string of the molecule is C=C(c1ccc(OC)cc1)c1cc(NC(=O)OC(C)(C)C)ccc1-c1ccc(NC(=O)OC(C)(C)C)cc1C. The lowest BCUT2D eigenvalue weighted by molar-refractivity contribution is 0.0624. The largest absolute Gasteiger partial charge is 0.497 e. The summed E-state index contributed by atoms with van der Waals surface area (Å²) >= 11 is 0. The van der Waals surface area contributed by atoms with Crippen LogP contribution in [0.25, 0.3) is 16.7 Å². The lowest BCUT2D eigenvalue weighted by atomic mass is 9.89. The molecule has 0 spiro atoms. The van der Waals surface area contributed by atoms with Gasteiger partial charge in [-0.25, -0.2) is 9.59 Å². The molecule has 206 valence electrons. The zero-order valence-electron chi connectivity index (χ0n) is 24.0. The van der Waals surface area contributed by atoms with Gasteiger partial charge in [0.25, 0.3) is 0 Å². The molecule has 3 aromatic carbocycles. The van der Waals surface area contributed by atoms with E-state index in [-0.39, 0.29) is 0 Å². The molecular weight excluding hydrogens is 492 g/mol. The van der Waals surface area contributed by atoms with Crippen molar-refractivity contribution in [2.45, 2.75) is 59.7 Å².